The normalized spacial score (nSPS) is 14.4. The standard InChI is InChI=1S/C31H30F3N7O3S/c1-18(2)24-11-10-21(39(4)5)15-26(24)41-27(42)16-45-30(41)37-29(43)36-25-12-9-20(13-19(25)3)28-35-17-40(38-28)22-7-6-8-23(14-22)44-31(32,33)34/h6-15,17-18H,16H2,1-5H3,(H,36,43)/b37-30-. The molecule has 1 saturated heterocycles. The van der Waals surface area contributed by atoms with Gasteiger partial charge in [0.05, 0.1) is 17.1 Å². The van der Waals surface area contributed by atoms with Crippen molar-refractivity contribution in [2.75, 3.05) is 35.0 Å². The second-order valence-corrected chi connectivity index (χ2v) is 11.7. The number of anilines is 3. The van der Waals surface area contributed by atoms with E-state index < -0.39 is 12.4 Å². The van der Waals surface area contributed by atoms with Gasteiger partial charge in [0.2, 0.25) is 5.91 Å². The van der Waals surface area contributed by atoms with Crippen LogP contribution in [0.5, 0.6) is 5.75 Å². The number of alkyl halides is 3. The molecule has 234 valence electrons. The van der Waals surface area contributed by atoms with Crippen molar-refractivity contribution in [3.63, 3.8) is 0 Å². The Labute approximate surface area is 261 Å². The van der Waals surface area contributed by atoms with Crippen LogP contribution in [-0.4, -0.2) is 58.1 Å². The van der Waals surface area contributed by atoms with Gasteiger partial charge in [0.15, 0.2) is 11.0 Å². The van der Waals surface area contributed by atoms with Gasteiger partial charge in [-0.3, -0.25) is 9.69 Å². The van der Waals surface area contributed by atoms with E-state index in [4.69, 9.17) is 0 Å². The Bertz CT molecular complexity index is 1790. The van der Waals surface area contributed by atoms with Crippen LogP contribution in [0.15, 0.2) is 72.0 Å². The number of thioether (sulfide) groups is 1. The molecule has 0 radical (unpaired) electrons. The summed E-state index contributed by atoms with van der Waals surface area (Å²) in [7, 11) is 3.84. The number of rotatable bonds is 7. The quantitative estimate of drug-likeness (QED) is 0.233. The molecule has 45 heavy (non-hydrogen) atoms. The highest BCUT2D eigenvalue weighted by Gasteiger charge is 2.33. The minimum absolute atomic E-state index is 0.139. The fraction of sp³-hybridized carbons (Fsp3) is 0.258. The molecule has 4 aromatic rings. The Morgan fingerprint density at radius 3 is 2.58 bits per heavy atom. The summed E-state index contributed by atoms with van der Waals surface area (Å²) < 4.78 is 43.2. The van der Waals surface area contributed by atoms with Gasteiger partial charge in [-0.2, -0.15) is 4.99 Å². The molecule has 3 amide bonds. The summed E-state index contributed by atoms with van der Waals surface area (Å²) >= 11 is 1.20. The summed E-state index contributed by atoms with van der Waals surface area (Å²) in [5.74, 6) is 0.109. The maximum absolute atomic E-state index is 13.1. The van der Waals surface area contributed by atoms with Crippen LogP contribution >= 0.6 is 11.8 Å². The van der Waals surface area contributed by atoms with Crippen molar-refractivity contribution in [3.05, 3.63) is 78.1 Å². The van der Waals surface area contributed by atoms with E-state index >= 15 is 0 Å². The predicted octanol–water partition coefficient (Wildman–Crippen LogP) is 7.00. The maximum Gasteiger partial charge on any atom is 0.573 e. The molecule has 1 N–H and O–H groups in total. The SMILES string of the molecule is Cc1cc(-c2ncn(-c3cccc(OC(F)(F)F)c3)n2)ccc1NC(=O)/N=C1\SCC(=O)N1c1cc(N(C)C)ccc1C(C)C. The van der Waals surface area contributed by atoms with Gasteiger partial charge < -0.3 is 15.0 Å². The predicted molar refractivity (Wildman–Crippen MR) is 169 cm³/mol. The monoisotopic (exact) mass is 637 g/mol. The Kier molecular flexibility index (Phi) is 8.87. The largest absolute Gasteiger partial charge is 0.573 e. The third-order valence-electron chi connectivity index (χ3n) is 6.89. The van der Waals surface area contributed by atoms with Crippen LogP contribution in [0, 0.1) is 6.92 Å². The molecule has 1 fully saturated rings. The van der Waals surface area contributed by atoms with E-state index in [-0.39, 0.29) is 23.3 Å². The number of aliphatic imine (C=N–C) groups is 1. The molecule has 1 aliphatic heterocycles. The molecule has 5 rings (SSSR count). The van der Waals surface area contributed by atoms with E-state index in [1.54, 1.807) is 31.2 Å². The van der Waals surface area contributed by atoms with Crippen molar-refractivity contribution in [1.82, 2.24) is 14.8 Å². The molecule has 10 nitrogen and oxygen atoms in total. The molecular weight excluding hydrogens is 607 g/mol. The van der Waals surface area contributed by atoms with E-state index in [0.29, 0.717) is 39.2 Å². The van der Waals surface area contributed by atoms with Gasteiger partial charge in [-0.15, -0.1) is 18.3 Å². The van der Waals surface area contributed by atoms with Gasteiger partial charge in [-0.25, -0.2) is 14.5 Å². The Hall–Kier alpha value is -4.85. The zero-order chi connectivity index (χ0) is 32.5. The highest BCUT2D eigenvalue weighted by atomic mass is 32.2. The first-order valence-electron chi connectivity index (χ1n) is 13.8. The number of nitrogens with one attached hydrogen (secondary N) is 1. The first-order chi connectivity index (χ1) is 21.3. The second-order valence-electron chi connectivity index (χ2n) is 10.7. The number of amidine groups is 1. The van der Waals surface area contributed by atoms with Crippen molar-refractivity contribution in [1.29, 1.82) is 0 Å². The van der Waals surface area contributed by atoms with Gasteiger partial charge in [0.1, 0.15) is 12.1 Å². The average Bonchev–Trinajstić information content (AvgIpc) is 3.60. The van der Waals surface area contributed by atoms with Crippen LogP contribution in [0.4, 0.5) is 35.0 Å². The maximum atomic E-state index is 13.1. The lowest BCUT2D eigenvalue weighted by molar-refractivity contribution is -0.274. The number of urea groups is 1. The summed E-state index contributed by atoms with van der Waals surface area (Å²) in [6, 6.07) is 15.8. The molecule has 14 heteroatoms. The van der Waals surface area contributed by atoms with Crippen molar-refractivity contribution >= 4 is 45.9 Å². The van der Waals surface area contributed by atoms with E-state index in [9.17, 15) is 22.8 Å². The molecule has 2 heterocycles. The molecule has 0 bridgehead atoms. The first kappa shape index (κ1) is 31.6. The molecule has 3 aromatic carbocycles. The van der Waals surface area contributed by atoms with Crippen LogP contribution in [0.25, 0.3) is 17.1 Å². The van der Waals surface area contributed by atoms with E-state index in [2.05, 4.69) is 25.1 Å². The lowest BCUT2D eigenvalue weighted by atomic mass is 9.99. The number of nitrogens with zero attached hydrogens (tertiary/aromatic N) is 6. The Morgan fingerprint density at radius 1 is 1.11 bits per heavy atom. The van der Waals surface area contributed by atoms with Gasteiger partial charge in [-0.05, 0) is 66.4 Å². The number of carbonyl (C=O) groups excluding carboxylic acids is 2. The number of hydrogen-bond acceptors (Lipinski definition) is 7. The molecule has 0 unspecified atom stereocenters. The smallest absolute Gasteiger partial charge is 0.406 e. The minimum atomic E-state index is -4.81. The van der Waals surface area contributed by atoms with Crippen LogP contribution in [0.2, 0.25) is 0 Å². The summed E-state index contributed by atoms with van der Waals surface area (Å²) in [4.78, 5) is 38.0. The first-order valence-corrected chi connectivity index (χ1v) is 14.8. The number of amides is 3. The van der Waals surface area contributed by atoms with Crippen molar-refractivity contribution in [2.24, 2.45) is 4.99 Å². The zero-order valence-corrected chi connectivity index (χ0v) is 25.9. The molecule has 0 spiro atoms. The van der Waals surface area contributed by atoms with Crippen molar-refractivity contribution < 1.29 is 27.5 Å². The summed E-state index contributed by atoms with van der Waals surface area (Å²) in [6.07, 6.45) is -3.43. The Balaban J connectivity index is 1.34. The lowest BCUT2D eigenvalue weighted by Gasteiger charge is -2.24. The van der Waals surface area contributed by atoms with Crippen LogP contribution in [-0.2, 0) is 4.79 Å². The number of aryl methyl sites for hydroxylation is 1. The number of carbonyl (C=O) groups is 2. The van der Waals surface area contributed by atoms with Crippen LogP contribution in [0.3, 0.4) is 0 Å². The van der Waals surface area contributed by atoms with E-state index in [0.717, 1.165) is 11.3 Å². The number of ether oxygens (including phenoxy) is 1. The zero-order valence-electron chi connectivity index (χ0n) is 25.1. The average molecular weight is 638 g/mol. The van der Waals surface area contributed by atoms with Gasteiger partial charge >= 0.3 is 12.4 Å². The van der Waals surface area contributed by atoms with Gasteiger partial charge in [0.25, 0.3) is 0 Å². The van der Waals surface area contributed by atoms with Crippen LogP contribution < -0.4 is 19.9 Å². The summed E-state index contributed by atoms with van der Waals surface area (Å²) in [6.45, 7) is 5.88. The number of hydrogen-bond donors (Lipinski definition) is 1. The van der Waals surface area contributed by atoms with Crippen LogP contribution in [0.1, 0.15) is 30.9 Å². The third kappa shape index (κ3) is 7.28. The van der Waals surface area contributed by atoms with E-state index in [1.807, 2.05) is 51.0 Å². The molecule has 1 aromatic heterocycles. The molecule has 0 aliphatic carbocycles. The van der Waals surface area contributed by atoms with Gasteiger partial charge in [0, 0.05) is 37.1 Å². The van der Waals surface area contributed by atoms with Gasteiger partial charge in [-0.1, -0.05) is 37.7 Å². The Morgan fingerprint density at radius 2 is 1.89 bits per heavy atom. The minimum Gasteiger partial charge on any atom is -0.406 e. The third-order valence-corrected chi connectivity index (χ3v) is 7.81. The number of halogens is 3. The number of benzene rings is 3. The summed E-state index contributed by atoms with van der Waals surface area (Å²) in [5.41, 5.74) is 4.75. The molecular formula is C31H30F3N7O3S. The van der Waals surface area contributed by atoms with Crippen molar-refractivity contribution in [3.8, 4) is 22.8 Å². The number of aromatic nitrogens is 3. The van der Waals surface area contributed by atoms with E-state index in [1.165, 1.54) is 45.9 Å². The molecule has 1 aliphatic rings. The second kappa shape index (κ2) is 12.6. The topological polar surface area (TPSA) is 105 Å². The molecule has 0 atom stereocenters. The molecule has 0 saturated carbocycles. The fourth-order valence-corrected chi connectivity index (χ4v) is 5.55. The lowest BCUT2D eigenvalue weighted by Crippen LogP contribution is -2.31. The van der Waals surface area contributed by atoms with Crippen molar-refractivity contribution in [2.45, 2.75) is 33.1 Å². The highest BCUT2D eigenvalue weighted by molar-refractivity contribution is 8.15. The summed E-state index contributed by atoms with van der Waals surface area (Å²) in [5, 5.41) is 7.47. The fourth-order valence-electron chi connectivity index (χ4n) is 4.69. The highest BCUT2D eigenvalue weighted by Crippen LogP contribution is 2.36.